The number of carbonyl (C=O) groups excluding carboxylic acids is 1. The first-order valence-corrected chi connectivity index (χ1v) is 10.1. The van der Waals surface area contributed by atoms with Crippen molar-refractivity contribution in [3.8, 4) is 0 Å². The summed E-state index contributed by atoms with van der Waals surface area (Å²) in [6.07, 6.45) is 0. The van der Waals surface area contributed by atoms with Gasteiger partial charge in [-0.15, -0.1) is 0 Å². The first-order valence-electron chi connectivity index (χ1n) is 9.72. The Morgan fingerprint density at radius 3 is 2.59 bits per heavy atom. The van der Waals surface area contributed by atoms with E-state index in [1.165, 1.54) is 5.56 Å². The Morgan fingerprint density at radius 2 is 1.97 bits per heavy atom. The van der Waals surface area contributed by atoms with Crippen LogP contribution >= 0.6 is 11.6 Å². The molecular formula is C21H27ClN6O. The lowest BCUT2D eigenvalue weighted by molar-refractivity contribution is -0.115. The van der Waals surface area contributed by atoms with Gasteiger partial charge in [0.2, 0.25) is 5.91 Å². The van der Waals surface area contributed by atoms with Gasteiger partial charge in [0.25, 0.3) is 0 Å². The van der Waals surface area contributed by atoms with Gasteiger partial charge in [0.1, 0.15) is 11.0 Å². The second kappa shape index (κ2) is 8.37. The summed E-state index contributed by atoms with van der Waals surface area (Å²) < 4.78 is 1.80. The van der Waals surface area contributed by atoms with Crippen LogP contribution in [0.2, 0.25) is 5.15 Å². The lowest BCUT2D eigenvalue weighted by Crippen LogP contribution is -2.34. The Labute approximate surface area is 176 Å². The molecule has 0 aromatic carbocycles. The van der Waals surface area contributed by atoms with E-state index < -0.39 is 0 Å². The molecule has 8 heteroatoms. The third-order valence-electron chi connectivity index (χ3n) is 4.85. The monoisotopic (exact) mass is 414 g/mol. The Morgan fingerprint density at radius 1 is 1.24 bits per heavy atom. The number of hydrogen-bond acceptors (Lipinski definition) is 5. The number of anilines is 2. The highest BCUT2D eigenvalue weighted by molar-refractivity contribution is 6.29. The van der Waals surface area contributed by atoms with E-state index in [9.17, 15) is 4.79 Å². The average molecular weight is 415 g/mol. The minimum absolute atomic E-state index is 0.136. The number of halogens is 1. The lowest BCUT2D eigenvalue weighted by Gasteiger charge is -2.23. The van der Waals surface area contributed by atoms with Gasteiger partial charge in [-0.3, -0.25) is 9.48 Å². The maximum atomic E-state index is 12.7. The van der Waals surface area contributed by atoms with Crippen molar-refractivity contribution in [3.05, 3.63) is 40.3 Å². The minimum Gasteiger partial charge on any atom is -0.347 e. The van der Waals surface area contributed by atoms with Crippen molar-refractivity contribution in [2.24, 2.45) is 7.05 Å². The summed E-state index contributed by atoms with van der Waals surface area (Å²) in [7, 11) is 1.90. The van der Waals surface area contributed by atoms with Crippen LogP contribution in [0, 0.1) is 13.8 Å². The predicted molar refractivity (Wildman–Crippen MR) is 118 cm³/mol. The Balaban J connectivity index is 1.90. The molecule has 29 heavy (non-hydrogen) atoms. The van der Waals surface area contributed by atoms with E-state index in [4.69, 9.17) is 16.6 Å². The fourth-order valence-corrected chi connectivity index (χ4v) is 3.76. The van der Waals surface area contributed by atoms with Crippen LogP contribution in [0.1, 0.15) is 43.6 Å². The molecule has 0 saturated heterocycles. The quantitative estimate of drug-likeness (QED) is 0.611. The predicted octanol–water partition coefficient (Wildman–Crippen LogP) is 4.22. The minimum atomic E-state index is -0.136. The Bertz CT molecular complexity index is 1040. The molecule has 154 valence electrons. The molecule has 0 aliphatic rings. The number of rotatable bonds is 6. The van der Waals surface area contributed by atoms with Crippen molar-refractivity contribution in [2.45, 2.75) is 40.5 Å². The van der Waals surface area contributed by atoms with Gasteiger partial charge < -0.3 is 10.2 Å². The number of carbonyl (C=O) groups is 1. The van der Waals surface area contributed by atoms with E-state index in [0.29, 0.717) is 23.3 Å². The lowest BCUT2D eigenvalue weighted by atomic mass is 9.99. The molecule has 0 atom stereocenters. The zero-order valence-corrected chi connectivity index (χ0v) is 18.5. The molecule has 7 nitrogen and oxygen atoms in total. The summed E-state index contributed by atoms with van der Waals surface area (Å²) in [5, 5.41) is 8.87. The highest BCUT2D eigenvalue weighted by atomic mass is 35.5. The summed E-state index contributed by atoms with van der Waals surface area (Å²) in [6, 6.07) is 5.51. The molecule has 0 saturated carbocycles. The van der Waals surface area contributed by atoms with Crippen molar-refractivity contribution >= 4 is 40.0 Å². The van der Waals surface area contributed by atoms with E-state index in [0.717, 1.165) is 28.2 Å². The number of hydrogen-bond donors (Lipinski definition) is 1. The topological polar surface area (TPSA) is 75.9 Å². The number of likely N-dealkylation sites (N-methyl/N-ethyl adjacent to an activating group) is 1. The number of pyridine rings is 2. The molecule has 3 aromatic rings. The molecule has 0 fully saturated rings. The van der Waals surface area contributed by atoms with Crippen molar-refractivity contribution in [1.29, 1.82) is 0 Å². The van der Waals surface area contributed by atoms with E-state index in [2.05, 4.69) is 35.3 Å². The van der Waals surface area contributed by atoms with E-state index in [1.807, 2.05) is 32.7 Å². The van der Waals surface area contributed by atoms with E-state index in [1.54, 1.807) is 16.8 Å². The third kappa shape index (κ3) is 4.50. The molecule has 0 bridgehead atoms. The fraction of sp³-hybridized carbons (Fsp3) is 0.429. The van der Waals surface area contributed by atoms with Crippen LogP contribution in [0.3, 0.4) is 0 Å². The van der Waals surface area contributed by atoms with Crippen molar-refractivity contribution in [1.82, 2.24) is 19.7 Å². The largest absolute Gasteiger partial charge is 0.347 e. The molecule has 1 amide bonds. The van der Waals surface area contributed by atoms with Crippen LogP contribution in [-0.4, -0.2) is 38.7 Å². The van der Waals surface area contributed by atoms with E-state index >= 15 is 0 Å². The van der Waals surface area contributed by atoms with Crippen LogP contribution in [0.25, 0.3) is 11.0 Å². The van der Waals surface area contributed by atoms with E-state index in [-0.39, 0.29) is 12.5 Å². The molecule has 3 rings (SSSR count). The number of aryl methyl sites for hydroxylation is 3. The van der Waals surface area contributed by atoms with Crippen LogP contribution < -0.4 is 10.2 Å². The van der Waals surface area contributed by atoms with Crippen LogP contribution in [0.4, 0.5) is 11.5 Å². The first kappa shape index (κ1) is 21.0. The standard InChI is InChI=1S/C21H27ClN6O/c1-7-28(11-19(29)24-15-8-13(4)23-17(22)9-15)18-10-16(12(2)3)20-14(5)26-27(6)21(20)25-18/h8-10,12H,7,11H2,1-6H3,(H,23,24,29). The van der Waals surface area contributed by atoms with Crippen LogP contribution in [-0.2, 0) is 11.8 Å². The highest BCUT2D eigenvalue weighted by Gasteiger charge is 2.19. The fourth-order valence-electron chi connectivity index (χ4n) is 3.51. The molecule has 0 spiro atoms. The summed E-state index contributed by atoms with van der Waals surface area (Å²) in [5.41, 5.74) is 4.37. The molecule has 3 heterocycles. The summed E-state index contributed by atoms with van der Waals surface area (Å²) >= 11 is 5.99. The molecule has 0 aliphatic heterocycles. The Kier molecular flexibility index (Phi) is 6.07. The van der Waals surface area contributed by atoms with Gasteiger partial charge >= 0.3 is 0 Å². The molecular weight excluding hydrogens is 388 g/mol. The maximum absolute atomic E-state index is 12.7. The normalized spacial score (nSPS) is 11.3. The van der Waals surface area contributed by atoms with Gasteiger partial charge in [-0.2, -0.15) is 5.10 Å². The van der Waals surface area contributed by atoms with Crippen molar-refractivity contribution in [3.63, 3.8) is 0 Å². The SMILES string of the molecule is CCN(CC(=O)Nc1cc(C)nc(Cl)c1)c1cc(C(C)C)c2c(C)nn(C)c2n1. The molecule has 3 aromatic heterocycles. The highest BCUT2D eigenvalue weighted by Crippen LogP contribution is 2.30. The van der Waals surface area contributed by atoms with Crippen LogP contribution in [0.15, 0.2) is 18.2 Å². The Hall–Kier alpha value is -2.67. The van der Waals surface area contributed by atoms with Gasteiger partial charge in [0, 0.05) is 30.4 Å². The number of fused-ring (bicyclic) bond motifs is 1. The maximum Gasteiger partial charge on any atom is 0.243 e. The summed E-state index contributed by atoms with van der Waals surface area (Å²) in [4.78, 5) is 23.6. The van der Waals surface area contributed by atoms with Crippen molar-refractivity contribution < 1.29 is 4.79 Å². The molecule has 0 radical (unpaired) electrons. The smallest absolute Gasteiger partial charge is 0.243 e. The van der Waals surface area contributed by atoms with Crippen LogP contribution in [0.5, 0.6) is 0 Å². The number of amides is 1. The number of nitrogens with zero attached hydrogens (tertiary/aromatic N) is 5. The molecule has 0 unspecified atom stereocenters. The van der Waals surface area contributed by atoms with Gasteiger partial charge in [0.05, 0.1) is 12.2 Å². The second-order valence-electron chi connectivity index (χ2n) is 7.51. The zero-order chi connectivity index (χ0) is 21.3. The van der Waals surface area contributed by atoms with Gasteiger partial charge in [-0.05, 0) is 50.5 Å². The zero-order valence-electron chi connectivity index (χ0n) is 17.7. The molecule has 0 aliphatic carbocycles. The average Bonchev–Trinajstić information content (AvgIpc) is 2.92. The van der Waals surface area contributed by atoms with Crippen molar-refractivity contribution in [2.75, 3.05) is 23.3 Å². The second-order valence-corrected chi connectivity index (χ2v) is 7.90. The van der Waals surface area contributed by atoms with Gasteiger partial charge in [-0.25, -0.2) is 9.97 Å². The van der Waals surface area contributed by atoms with Gasteiger partial charge in [0.15, 0.2) is 5.65 Å². The third-order valence-corrected chi connectivity index (χ3v) is 5.05. The van der Waals surface area contributed by atoms with Gasteiger partial charge in [-0.1, -0.05) is 25.4 Å². The summed E-state index contributed by atoms with van der Waals surface area (Å²) in [5.74, 6) is 0.949. The summed E-state index contributed by atoms with van der Waals surface area (Å²) in [6.45, 7) is 11.0. The number of aromatic nitrogens is 4. The first-order chi connectivity index (χ1) is 13.7. The molecule has 1 N–H and O–H groups in total. The number of nitrogens with one attached hydrogen (secondary N) is 1.